The summed E-state index contributed by atoms with van der Waals surface area (Å²) in [4.78, 5) is 0. The maximum atomic E-state index is 2.39. The van der Waals surface area contributed by atoms with Crippen molar-refractivity contribution in [3.8, 4) is 11.1 Å². The van der Waals surface area contributed by atoms with Crippen LogP contribution in [0.1, 0.15) is 95.1 Å². The van der Waals surface area contributed by atoms with E-state index >= 15 is 0 Å². The molecule has 0 unspecified atom stereocenters. The maximum Gasteiger partial charge on any atom is -0.0162 e. The summed E-state index contributed by atoms with van der Waals surface area (Å²) in [7, 11) is 0. The third-order valence-corrected chi connectivity index (χ3v) is 6.86. The molecular weight excluding hydrogens is 336 g/mol. The number of aryl methyl sites for hydroxylation is 1. The van der Waals surface area contributed by atoms with E-state index in [1.165, 1.54) is 80.9 Å². The zero-order valence-electron chi connectivity index (χ0n) is 18.4. The van der Waals surface area contributed by atoms with Gasteiger partial charge in [-0.15, -0.1) is 0 Å². The van der Waals surface area contributed by atoms with Crippen molar-refractivity contribution in [2.45, 2.75) is 90.9 Å². The molecule has 0 N–H and O–H groups in total. The summed E-state index contributed by atoms with van der Waals surface area (Å²) in [5.41, 5.74) is 5.57. The summed E-state index contributed by atoms with van der Waals surface area (Å²) in [5.74, 6) is 2.88. The Morgan fingerprint density at radius 2 is 1.07 bits per heavy atom. The lowest BCUT2D eigenvalue weighted by atomic mass is 9.70. The van der Waals surface area contributed by atoms with Gasteiger partial charge in [0.25, 0.3) is 0 Å². The first-order valence-electron chi connectivity index (χ1n) is 11.9. The van der Waals surface area contributed by atoms with Gasteiger partial charge in [0.2, 0.25) is 0 Å². The average Bonchev–Trinajstić information content (AvgIpc) is 2.76. The van der Waals surface area contributed by atoms with E-state index in [4.69, 9.17) is 0 Å². The van der Waals surface area contributed by atoms with E-state index in [-0.39, 0.29) is 0 Å². The number of rotatable bonds is 3. The largest absolute Gasteiger partial charge is 0.0656 e. The lowest BCUT2D eigenvalue weighted by Crippen LogP contribution is -2.23. The zero-order valence-corrected chi connectivity index (χ0v) is 18.4. The highest BCUT2D eigenvalue weighted by Crippen LogP contribution is 2.43. The van der Waals surface area contributed by atoms with Gasteiger partial charge in [-0.3, -0.25) is 0 Å². The van der Waals surface area contributed by atoms with Crippen molar-refractivity contribution in [2.75, 3.05) is 0 Å². The highest BCUT2D eigenvalue weighted by atomic mass is 14.3. The van der Waals surface area contributed by atoms with Gasteiger partial charge in [-0.25, -0.2) is 0 Å². The van der Waals surface area contributed by atoms with Crippen molar-refractivity contribution in [3.05, 3.63) is 59.7 Å². The van der Waals surface area contributed by atoms with Gasteiger partial charge in [-0.1, -0.05) is 106 Å². The van der Waals surface area contributed by atoms with E-state index in [0.717, 1.165) is 17.8 Å². The van der Waals surface area contributed by atoms with E-state index in [0.29, 0.717) is 0 Å². The summed E-state index contributed by atoms with van der Waals surface area (Å²) >= 11 is 0. The molecule has 2 aliphatic carbocycles. The van der Waals surface area contributed by atoms with Gasteiger partial charge in [0.1, 0.15) is 0 Å². The molecule has 152 valence electrons. The van der Waals surface area contributed by atoms with Crippen LogP contribution >= 0.6 is 0 Å². The molecule has 0 nitrogen and oxygen atoms in total. The smallest absolute Gasteiger partial charge is 0.0162 e. The van der Waals surface area contributed by atoms with Gasteiger partial charge in [0.15, 0.2) is 0 Å². The zero-order chi connectivity index (χ0) is 19.8. The predicted molar refractivity (Wildman–Crippen MR) is 124 cm³/mol. The Kier molecular flexibility index (Phi) is 8.19. The first-order chi connectivity index (χ1) is 13.7. The van der Waals surface area contributed by atoms with Crippen molar-refractivity contribution in [2.24, 2.45) is 11.8 Å². The quantitative estimate of drug-likeness (QED) is 0.501. The van der Waals surface area contributed by atoms with E-state index in [2.05, 4.69) is 69.3 Å². The van der Waals surface area contributed by atoms with Crippen LogP contribution in [0.5, 0.6) is 0 Å². The van der Waals surface area contributed by atoms with Crippen LogP contribution in [-0.2, 0) is 0 Å². The van der Waals surface area contributed by atoms with Crippen LogP contribution in [0, 0.1) is 18.8 Å². The Bertz CT molecular complexity index is 665. The Hall–Kier alpha value is -1.56. The summed E-state index contributed by atoms with van der Waals surface area (Å²) in [6.45, 7) is 6.40. The van der Waals surface area contributed by atoms with E-state index in [1.807, 2.05) is 0 Å². The van der Waals surface area contributed by atoms with Crippen LogP contribution in [0.2, 0.25) is 0 Å². The third-order valence-electron chi connectivity index (χ3n) is 6.86. The van der Waals surface area contributed by atoms with E-state index in [9.17, 15) is 0 Å². The summed E-state index contributed by atoms with van der Waals surface area (Å²) in [6, 6.07) is 18.3. The van der Waals surface area contributed by atoms with Gasteiger partial charge < -0.3 is 0 Å². The molecular formula is C28H40. The number of hydrogen-bond donors (Lipinski definition) is 0. The van der Waals surface area contributed by atoms with Crippen LogP contribution in [-0.4, -0.2) is 0 Å². The van der Waals surface area contributed by atoms with Crippen LogP contribution in [0.25, 0.3) is 11.1 Å². The highest BCUT2D eigenvalue weighted by molar-refractivity contribution is 5.64. The lowest BCUT2D eigenvalue weighted by molar-refractivity contribution is 0.186. The van der Waals surface area contributed by atoms with Gasteiger partial charge >= 0.3 is 0 Å². The fraction of sp³-hybridized carbons (Fsp3) is 0.571. The molecule has 2 fully saturated rings. The van der Waals surface area contributed by atoms with E-state index in [1.54, 1.807) is 5.56 Å². The second-order valence-corrected chi connectivity index (χ2v) is 9.20. The van der Waals surface area contributed by atoms with Crippen molar-refractivity contribution < 1.29 is 0 Å². The summed E-state index contributed by atoms with van der Waals surface area (Å²) in [5, 5.41) is 0. The summed E-state index contributed by atoms with van der Waals surface area (Å²) in [6.07, 6.45) is 14.5. The molecule has 0 spiro atoms. The van der Waals surface area contributed by atoms with Crippen LogP contribution in [0.4, 0.5) is 0 Å². The monoisotopic (exact) mass is 376 g/mol. The molecule has 28 heavy (non-hydrogen) atoms. The number of benzene rings is 2. The van der Waals surface area contributed by atoms with Gasteiger partial charge in [-0.05, 0) is 67.1 Å². The fourth-order valence-electron chi connectivity index (χ4n) is 5.22. The molecule has 4 rings (SSSR count). The molecule has 0 radical (unpaired) electrons. The normalized spacial score (nSPS) is 23.0. The minimum absolute atomic E-state index is 0.798. The van der Waals surface area contributed by atoms with Crippen LogP contribution in [0.15, 0.2) is 48.5 Å². The lowest BCUT2D eigenvalue weighted by Gasteiger charge is -2.36. The van der Waals surface area contributed by atoms with Crippen molar-refractivity contribution >= 4 is 0 Å². The second kappa shape index (κ2) is 10.8. The van der Waals surface area contributed by atoms with Gasteiger partial charge in [-0.2, -0.15) is 0 Å². The van der Waals surface area contributed by atoms with Gasteiger partial charge in [0, 0.05) is 0 Å². The Labute approximate surface area is 173 Å². The number of hydrogen-bond acceptors (Lipinski definition) is 0. The van der Waals surface area contributed by atoms with E-state index < -0.39 is 0 Å². The Morgan fingerprint density at radius 3 is 1.61 bits per heavy atom. The molecule has 2 aromatic carbocycles. The first kappa shape index (κ1) is 21.2. The predicted octanol–water partition coefficient (Wildman–Crippen LogP) is 8.93. The second-order valence-electron chi connectivity index (χ2n) is 9.20. The topological polar surface area (TPSA) is 0 Å². The molecule has 0 amide bonds. The SMILES string of the molecule is CCC.Cc1ccc(-c2ccc(C3CCC(C4CCCCC4)CC3)cc2)cc1. The van der Waals surface area contributed by atoms with Crippen LogP contribution in [0.3, 0.4) is 0 Å². The average molecular weight is 377 g/mol. The van der Waals surface area contributed by atoms with Crippen LogP contribution < -0.4 is 0 Å². The minimum Gasteiger partial charge on any atom is -0.0656 e. The molecule has 0 atom stereocenters. The van der Waals surface area contributed by atoms with Gasteiger partial charge in [0.05, 0.1) is 0 Å². The molecule has 0 heteroatoms. The van der Waals surface area contributed by atoms with Crippen molar-refractivity contribution in [3.63, 3.8) is 0 Å². The molecule has 2 aliphatic rings. The molecule has 0 heterocycles. The first-order valence-corrected chi connectivity index (χ1v) is 11.9. The molecule has 2 aromatic rings. The molecule has 0 aliphatic heterocycles. The van der Waals surface area contributed by atoms with Crippen molar-refractivity contribution in [1.82, 2.24) is 0 Å². The molecule has 2 saturated carbocycles. The molecule has 0 saturated heterocycles. The third kappa shape index (κ3) is 5.72. The van der Waals surface area contributed by atoms with Crippen molar-refractivity contribution in [1.29, 1.82) is 0 Å². The summed E-state index contributed by atoms with van der Waals surface area (Å²) < 4.78 is 0. The molecule has 0 bridgehead atoms. The minimum atomic E-state index is 0.798. The highest BCUT2D eigenvalue weighted by Gasteiger charge is 2.28. The fourth-order valence-corrected chi connectivity index (χ4v) is 5.22. The molecule has 0 aromatic heterocycles. The maximum absolute atomic E-state index is 2.39. The standard InChI is InChI=1S/C25H32.C3H8/c1-19-7-9-21(10-8-19)23-15-17-25(18-16-23)24-13-11-22(12-14-24)20-5-3-2-4-6-20;1-3-2/h7-10,15-18,20,22,24H,2-6,11-14H2,1H3;3H2,1-2H3. The Balaban J connectivity index is 0.000000706. The Morgan fingerprint density at radius 1 is 0.607 bits per heavy atom.